The zero-order valence-electron chi connectivity index (χ0n) is 9.09. The van der Waals surface area contributed by atoms with E-state index < -0.39 is 10.9 Å². The largest absolute Gasteiger partial charge is 0.480 e. The van der Waals surface area contributed by atoms with Crippen molar-refractivity contribution in [2.45, 2.75) is 6.54 Å². The molecule has 1 rings (SSSR count). The van der Waals surface area contributed by atoms with Crippen LogP contribution in [0.1, 0.15) is 5.56 Å². The highest BCUT2D eigenvalue weighted by Gasteiger charge is 2.16. The molecule has 92 valence electrons. The Balaban J connectivity index is 2.90. The summed E-state index contributed by atoms with van der Waals surface area (Å²) < 4.78 is 0. The molecule has 0 spiro atoms. The minimum atomic E-state index is -0.982. The van der Waals surface area contributed by atoms with Gasteiger partial charge >= 0.3 is 5.97 Å². The lowest BCUT2D eigenvalue weighted by atomic mass is 10.1. The molecular formula is C10H11ClN2O4. The van der Waals surface area contributed by atoms with Crippen LogP contribution in [0, 0.1) is 10.1 Å². The SMILES string of the molecule is CN(CC(=O)O)Cc1ccc(Cl)cc1[N+](=O)[O-]. The van der Waals surface area contributed by atoms with Crippen LogP contribution < -0.4 is 0 Å². The maximum atomic E-state index is 10.8. The zero-order chi connectivity index (χ0) is 13.0. The molecule has 0 atom stereocenters. The van der Waals surface area contributed by atoms with Gasteiger partial charge in [0.1, 0.15) is 0 Å². The second kappa shape index (κ2) is 5.60. The van der Waals surface area contributed by atoms with Crippen LogP contribution in [0.3, 0.4) is 0 Å². The number of benzene rings is 1. The van der Waals surface area contributed by atoms with Gasteiger partial charge in [0.05, 0.1) is 11.5 Å². The molecule has 17 heavy (non-hydrogen) atoms. The third-order valence-corrected chi connectivity index (χ3v) is 2.32. The first-order valence-corrected chi connectivity index (χ1v) is 5.11. The highest BCUT2D eigenvalue weighted by atomic mass is 35.5. The fourth-order valence-corrected chi connectivity index (χ4v) is 1.58. The van der Waals surface area contributed by atoms with Crippen LogP contribution in [0.25, 0.3) is 0 Å². The van der Waals surface area contributed by atoms with Gasteiger partial charge in [-0.15, -0.1) is 0 Å². The fraction of sp³-hybridized carbons (Fsp3) is 0.300. The molecule has 7 heteroatoms. The third-order valence-electron chi connectivity index (χ3n) is 2.09. The molecule has 0 heterocycles. The zero-order valence-corrected chi connectivity index (χ0v) is 9.85. The van der Waals surface area contributed by atoms with Gasteiger partial charge in [-0.25, -0.2) is 0 Å². The van der Waals surface area contributed by atoms with E-state index in [1.54, 1.807) is 13.1 Å². The van der Waals surface area contributed by atoms with Gasteiger partial charge in [0, 0.05) is 23.2 Å². The van der Waals surface area contributed by atoms with Crippen molar-refractivity contribution in [2.75, 3.05) is 13.6 Å². The number of carboxylic acids is 1. The highest BCUT2D eigenvalue weighted by molar-refractivity contribution is 6.30. The van der Waals surface area contributed by atoms with Crippen LogP contribution in [0.15, 0.2) is 18.2 Å². The summed E-state index contributed by atoms with van der Waals surface area (Å²) >= 11 is 5.67. The monoisotopic (exact) mass is 258 g/mol. The van der Waals surface area contributed by atoms with Crippen molar-refractivity contribution in [1.82, 2.24) is 4.90 Å². The van der Waals surface area contributed by atoms with E-state index in [1.807, 2.05) is 0 Å². The Morgan fingerprint density at radius 2 is 2.24 bits per heavy atom. The number of aliphatic carboxylic acids is 1. The minimum absolute atomic E-state index is 0.102. The van der Waals surface area contributed by atoms with E-state index in [1.165, 1.54) is 17.0 Å². The molecule has 1 aromatic rings. The first kappa shape index (κ1) is 13.4. The molecule has 0 fully saturated rings. The number of nitro benzene ring substituents is 1. The Morgan fingerprint density at radius 1 is 1.59 bits per heavy atom. The van der Waals surface area contributed by atoms with E-state index in [9.17, 15) is 14.9 Å². The molecular weight excluding hydrogens is 248 g/mol. The summed E-state index contributed by atoms with van der Waals surface area (Å²) in [5.41, 5.74) is 0.331. The van der Waals surface area contributed by atoms with Crippen molar-refractivity contribution in [3.8, 4) is 0 Å². The highest BCUT2D eigenvalue weighted by Crippen LogP contribution is 2.24. The van der Waals surface area contributed by atoms with E-state index in [0.29, 0.717) is 5.56 Å². The number of carbonyl (C=O) groups is 1. The third kappa shape index (κ3) is 4.01. The van der Waals surface area contributed by atoms with Crippen molar-refractivity contribution in [3.63, 3.8) is 0 Å². The van der Waals surface area contributed by atoms with Crippen LogP contribution in [-0.4, -0.2) is 34.5 Å². The maximum absolute atomic E-state index is 10.8. The fourth-order valence-electron chi connectivity index (χ4n) is 1.42. The lowest BCUT2D eigenvalue weighted by Crippen LogP contribution is -2.25. The average Bonchev–Trinajstić information content (AvgIpc) is 2.19. The van der Waals surface area contributed by atoms with Crippen molar-refractivity contribution in [2.24, 2.45) is 0 Å². The van der Waals surface area contributed by atoms with Gasteiger partial charge in [-0.05, 0) is 19.2 Å². The lowest BCUT2D eigenvalue weighted by molar-refractivity contribution is -0.385. The molecule has 0 saturated heterocycles. The smallest absolute Gasteiger partial charge is 0.317 e. The number of rotatable bonds is 5. The number of likely N-dealkylation sites (N-methyl/N-ethyl adjacent to an activating group) is 1. The molecule has 1 N–H and O–H groups in total. The number of nitrogens with zero attached hydrogens (tertiary/aromatic N) is 2. The summed E-state index contributed by atoms with van der Waals surface area (Å²) in [6.45, 7) is -0.000434. The molecule has 0 aromatic heterocycles. The summed E-state index contributed by atoms with van der Waals surface area (Å²) in [5.74, 6) is -0.982. The Hall–Kier alpha value is -1.66. The second-order valence-electron chi connectivity index (χ2n) is 3.60. The first-order valence-electron chi connectivity index (χ1n) is 4.73. The van der Waals surface area contributed by atoms with E-state index in [-0.39, 0.29) is 23.8 Å². The van der Waals surface area contributed by atoms with Crippen molar-refractivity contribution < 1.29 is 14.8 Å². The summed E-state index contributed by atoms with van der Waals surface area (Å²) in [6, 6.07) is 4.32. The number of nitro groups is 1. The number of carboxylic acid groups (broad SMARTS) is 1. The Labute approximate surface area is 103 Å². The van der Waals surface area contributed by atoms with E-state index >= 15 is 0 Å². The molecule has 6 nitrogen and oxygen atoms in total. The van der Waals surface area contributed by atoms with Crippen LogP contribution >= 0.6 is 11.6 Å². The van der Waals surface area contributed by atoms with Crippen molar-refractivity contribution >= 4 is 23.3 Å². The summed E-state index contributed by atoms with van der Waals surface area (Å²) in [6.07, 6.45) is 0. The van der Waals surface area contributed by atoms with Gasteiger partial charge in [-0.1, -0.05) is 11.6 Å². The molecule has 0 unspecified atom stereocenters. The number of halogens is 1. The molecule has 0 amide bonds. The molecule has 0 aliphatic rings. The first-order chi connectivity index (χ1) is 7.90. The second-order valence-corrected chi connectivity index (χ2v) is 4.03. The lowest BCUT2D eigenvalue weighted by Gasteiger charge is -2.13. The van der Waals surface area contributed by atoms with E-state index in [0.717, 1.165) is 0 Å². The summed E-state index contributed by atoms with van der Waals surface area (Å²) in [7, 11) is 1.58. The average molecular weight is 259 g/mol. The molecule has 0 aliphatic carbocycles. The van der Waals surface area contributed by atoms with Crippen LogP contribution in [0.5, 0.6) is 0 Å². The molecule has 0 saturated carbocycles. The predicted octanol–water partition coefficient (Wildman–Crippen LogP) is 1.76. The molecule has 0 bridgehead atoms. The summed E-state index contributed by atoms with van der Waals surface area (Å²) in [5, 5.41) is 19.7. The van der Waals surface area contributed by atoms with Gasteiger partial charge in [0.25, 0.3) is 5.69 Å². The van der Waals surface area contributed by atoms with Gasteiger partial charge in [-0.2, -0.15) is 0 Å². The quantitative estimate of drug-likeness (QED) is 0.643. The standard InChI is InChI=1S/C10H11ClN2O4/c1-12(6-10(14)15)5-7-2-3-8(11)4-9(7)13(16)17/h2-4H,5-6H2,1H3,(H,14,15). The molecule has 1 aromatic carbocycles. The maximum Gasteiger partial charge on any atom is 0.317 e. The van der Waals surface area contributed by atoms with E-state index in [4.69, 9.17) is 16.7 Å². The number of hydrogen-bond acceptors (Lipinski definition) is 4. The van der Waals surface area contributed by atoms with Crippen LogP contribution in [0.4, 0.5) is 5.69 Å². The van der Waals surface area contributed by atoms with E-state index in [2.05, 4.69) is 0 Å². The Morgan fingerprint density at radius 3 is 2.76 bits per heavy atom. The molecule has 0 radical (unpaired) electrons. The number of hydrogen-bond donors (Lipinski definition) is 1. The van der Waals surface area contributed by atoms with Gasteiger partial charge < -0.3 is 5.11 Å². The normalized spacial score (nSPS) is 10.5. The van der Waals surface area contributed by atoms with Crippen molar-refractivity contribution in [3.05, 3.63) is 38.9 Å². The van der Waals surface area contributed by atoms with Gasteiger partial charge in [0.2, 0.25) is 0 Å². The topological polar surface area (TPSA) is 83.7 Å². The Kier molecular flexibility index (Phi) is 4.42. The molecule has 0 aliphatic heterocycles. The van der Waals surface area contributed by atoms with Crippen LogP contribution in [0.2, 0.25) is 5.02 Å². The Bertz CT molecular complexity index is 450. The van der Waals surface area contributed by atoms with Gasteiger partial charge in [-0.3, -0.25) is 19.8 Å². The van der Waals surface area contributed by atoms with Crippen molar-refractivity contribution in [1.29, 1.82) is 0 Å². The summed E-state index contributed by atoms with van der Waals surface area (Å²) in [4.78, 5) is 22.2. The predicted molar refractivity (Wildman–Crippen MR) is 62.1 cm³/mol. The van der Waals surface area contributed by atoms with Crippen LogP contribution in [-0.2, 0) is 11.3 Å². The minimum Gasteiger partial charge on any atom is -0.480 e. The van der Waals surface area contributed by atoms with Gasteiger partial charge in [0.15, 0.2) is 0 Å².